The first-order chi connectivity index (χ1) is 14.6. The number of nitrogens with zero attached hydrogens (tertiary/aromatic N) is 1. The maximum absolute atomic E-state index is 12.3. The van der Waals surface area contributed by atoms with Crippen LogP contribution in [0.25, 0.3) is 11.1 Å². The van der Waals surface area contributed by atoms with Gasteiger partial charge in [0.15, 0.2) is 5.56 Å². The predicted octanol–water partition coefficient (Wildman–Crippen LogP) is 3.10. The fourth-order valence-corrected chi connectivity index (χ4v) is 3.52. The van der Waals surface area contributed by atoms with Gasteiger partial charge in [0.2, 0.25) is 0 Å². The second-order valence-corrected chi connectivity index (χ2v) is 6.52. The van der Waals surface area contributed by atoms with Gasteiger partial charge in [-0.25, -0.2) is 9.59 Å². The Morgan fingerprint density at radius 1 is 1.07 bits per heavy atom. The standard InChI is InChI=1S/C21H18N2O7/c24-9-10-28-19-17(20(25)26)18(30-23-19)22-21(27)29-11-16-14-7-3-1-5-12(14)13-6-2-4-8-15(13)16/h1-8,16,24H,9-11H2,(H,22,27)(H,25,26). The van der Waals surface area contributed by atoms with E-state index < -0.39 is 23.5 Å². The van der Waals surface area contributed by atoms with Gasteiger partial charge in [0.25, 0.3) is 11.8 Å². The molecule has 2 aromatic carbocycles. The van der Waals surface area contributed by atoms with E-state index in [0.29, 0.717) is 0 Å². The summed E-state index contributed by atoms with van der Waals surface area (Å²) in [5.74, 6) is -2.29. The van der Waals surface area contributed by atoms with Gasteiger partial charge < -0.3 is 24.2 Å². The van der Waals surface area contributed by atoms with Crippen molar-refractivity contribution in [2.24, 2.45) is 0 Å². The van der Waals surface area contributed by atoms with Gasteiger partial charge in [0, 0.05) is 5.92 Å². The molecule has 9 nitrogen and oxygen atoms in total. The summed E-state index contributed by atoms with van der Waals surface area (Å²) in [6, 6.07) is 15.8. The van der Waals surface area contributed by atoms with Crippen molar-refractivity contribution in [1.82, 2.24) is 5.16 Å². The van der Waals surface area contributed by atoms with Gasteiger partial charge in [0.1, 0.15) is 13.2 Å². The molecule has 30 heavy (non-hydrogen) atoms. The van der Waals surface area contributed by atoms with Gasteiger partial charge in [-0.2, -0.15) is 0 Å². The number of carbonyl (C=O) groups excluding carboxylic acids is 1. The van der Waals surface area contributed by atoms with E-state index in [1.54, 1.807) is 0 Å². The molecule has 0 saturated carbocycles. The van der Waals surface area contributed by atoms with Crippen molar-refractivity contribution in [1.29, 1.82) is 0 Å². The number of rotatable bonds is 7. The molecule has 0 bridgehead atoms. The number of aromatic nitrogens is 1. The van der Waals surface area contributed by atoms with Gasteiger partial charge in [-0.15, -0.1) is 0 Å². The number of aliphatic hydroxyl groups excluding tert-OH is 1. The number of aromatic carboxylic acids is 1. The molecule has 0 saturated heterocycles. The summed E-state index contributed by atoms with van der Waals surface area (Å²) >= 11 is 0. The van der Waals surface area contributed by atoms with Crippen molar-refractivity contribution in [3.63, 3.8) is 0 Å². The molecule has 0 unspecified atom stereocenters. The van der Waals surface area contributed by atoms with Crippen LogP contribution in [0.3, 0.4) is 0 Å². The molecule has 0 aliphatic heterocycles. The smallest absolute Gasteiger partial charge is 0.414 e. The maximum Gasteiger partial charge on any atom is 0.414 e. The minimum absolute atomic E-state index is 0.0598. The molecule has 0 fully saturated rings. The molecule has 1 heterocycles. The predicted molar refractivity (Wildman–Crippen MR) is 105 cm³/mol. The number of carboxylic acids is 1. The zero-order valence-electron chi connectivity index (χ0n) is 15.7. The first-order valence-corrected chi connectivity index (χ1v) is 9.18. The zero-order valence-corrected chi connectivity index (χ0v) is 15.7. The van der Waals surface area contributed by atoms with Crippen LogP contribution >= 0.6 is 0 Å². The second-order valence-electron chi connectivity index (χ2n) is 6.52. The molecule has 1 aliphatic carbocycles. The molecule has 3 N–H and O–H groups in total. The Balaban J connectivity index is 1.48. The maximum atomic E-state index is 12.3. The molecule has 1 amide bonds. The molecule has 0 atom stereocenters. The van der Waals surface area contributed by atoms with E-state index in [0.717, 1.165) is 22.3 Å². The number of nitrogens with one attached hydrogen (secondary N) is 1. The van der Waals surface area contributed by atoms with Gasteiger partial charge in [-0.05, 0) is 27.4 Å². The Kier molecular flexibility index (Phi) is 5.36. The van der Waals surface area contributed by atoms with Crippen LogP contribution in [-0.4, -0.2) is 47.3 Å². The third-order valence-electron chi connectivity index (χ3n) is 4.76. The van der Waals surface area contributed by atoms with Crippen molar-refractivity contribution in [2.75, 3.05) is 25.1 Å². The van der Waals surface area contributed by atoms with Crippen LogP contribution in [0.15, 0.2) is 53.1 Å². The van der Waals surface area contributed by atoms with E-state index in [9.17, 15) is 14.7 Å². The van der Waals surface area contributed by atoms with Crippen LogP contribution in [0, 0.1) is 0 Å². The largest absolute Gasteiger partial charge is 0.477 e. The van der Waals surface area contributed by atoms with Gasteiger partial charge in [-0.1, -0.05) is 48.5 Å². The van der Waals surface area contributed by atoms with Crippen LogP contribution in [0.2, 0.25) is 0 Å². The zero-order chi connectivity index (χ0) is 21.1. The average molecular weight is 410 g/mol. The summed E-state index contributed by atoms with van der Waals surface area (Å²) in [4.78, 5) is 23.8. The summed E-state index contributed by atoms with van der Waals surface area (Å²) in [5.41, 5.74) is 3.83. The average Bonchev–Trinajstić information content (AvgIpc) is 3.29. The highest BCUT2D eigenvalue weighted by molar-refractivity contribution is 5.98. The van der Waals surface area contributed by atoms with Gasteiger partial charge >= 0.3 is 12.1 Å². The van der Waals surface area contributed by atoms with E-state index >= 15 is 0 Å². The molecule has 0 radical (unpaired) electrons. The highest BCUT2D eigenvalue weighted by Crippen LogP contribution is 2.44. The fourth-order valence-electron chi connectivity index (χ4n) is 3.52. The number of carboxylic acid groups (broad SMARTS) is 1. The Morgan fingerprint density at radius 3 is 2.30 bits per heavy atom. The number of amides is 1. The first kappa shape index (κ1) is 19.5. The number of aliphatic hydroxyl groups is 1. The SMILES string of the molecule is O=C(Nc1onc(OCCO)c1C(=O)O)OCC1c2ccccc2-c2ccccc21. The molecule has 1 aromatic heterocycles. The number of ether oxygens (including phenoxy) is 2. The summed E-state index contributed by atoms with van der Waals surface area (Å²) in [6.07, 6.45) is -0.885. The number of fused-ring (bicyclic) bond motifs is 3. The number of benzene rings is 2. The molecule has 9 heteroatoms. The van der Waals surface area contributed by atoms with Crippen molar-refractivity contribution in [3.8, 4) is 17.0 Å². The minimum Gasteiger partial charge on any atom is -0.477 e. The highest BCUT2D eigenvalue weighted by Gasteiger charge is 2.30. The van der Waals surface area contributed by atoms with Crippen molar-refractivity contribution in [2.45, 2.75) is 5.92 Å². The molecule has 3 aromatic rings. The number of hydrogen-bond donors (Lipinski definition) is 3. The molecular weight excluding hydrogens is 392 g/mol. The lowest BCUT2D eigenvalue weighted by Crippen LogP contribution is -2.19. The van der Waals surface area contributed by atoms with E-state index in [4.69, 9.17) is 19.1 Å². The van der Waals surface area contributed by atoms with E-state index in [-0.39, 0.29) is 31.6 Å². The summed E-state index contributed by atoms with van der Waals surface area (Å²) in [6.45, 7) is -0.442. The quantitative estimate of drug-likeness (QED) is 0.541. The van der Waals surface area contributed by atoms with Gasteiger partial charge in [-0.3, -0.25) is 5.32 Å². The first-order valence-electron chi connectivity index (χ1n) is 9.18. The molecule has 4 rings (SSSR count). The van der Waals surface area contributed by atoms with Gasteiger partial charge in [0.05, 0.1) is 6.61 Å². The topological polar surface area (TPSA) is 131 Å². The van der Waals surface area contributed by atoms with Crippen LogP contribution in [-0.2, 0) is 4.74 Å². The van der Waals surface area contributed by atoms with Crippen LogP contribution < -0.4 is 10.1 Å². The number of anilines is 1. The van der Waals surface area contributed by atoms with Crippen molar-refractivity contribution >= 4 is 17.9 Å². The van der Waals surface area contributed by atoms with E-state index in [2.05, 4.69) is 10.5 Å². The van der Waals surface area contributed by atoms with Crippen LogP contribution in [0.5, 0.6) is 5.88 Å². The Hall–Kier alpha value is -3.85. The van der Waals surface area contributed by atoms with Crippen molar-refractivity contribution in [3.05, 3.63) is 65.2 Å². The third-order valence-corrected chi connectivity index (χ3v) is 4.76. The summed E-state index contributed by atoms with van der Waals surface area (Å²) in [7, 11) is 0. The highest BCUT2D eigenvalue weighted by atomic mass is 16.6. The monoisotopic (exact) mass is 410 g/mol. The molecule has 0 spiro atoms. The Bertz CT molecular complexity index is 1050. The molecule has 154 valence electrons. The second kappa shape index (κ2) is 8.26. The molecular formula is C21H18N2O7. The molecule has 1 aliphatic rings. The third kappa shape index (κ3) is 3.58. The lowest BCUT2D eigenvalue weighted by atomic mass is 9.98. The van der Waals surface area contributed by atoms with Crippen LogP contribution in [0.4, 0.5) is 10.7 Å². The minimum atomic E-state index is -1.40. The fraction of sp³-hybridized carbons (Fsp3) is 0.190. The van der Waals surface area contributed by atoms with Crippen LogP contribution in [0.1, 0.15) is 27.4 Å². The number of carbonyl (C=O) groups is 2. The number of hydrogen-bond acceptors (Lipinski definition) is 7. The Labute approximate surface area is 170 Å². The Morgan fingerprint density at radius 2 is 1.70 bits per heavy atom. The summed E-state index contributed by atoms with van der Waals surface area (Å²) in [5, 5.41) is 23.8. The lowest BCUT2D eigenvalue weighted by Gasteiger charge is -2.14. The van der Waals surface area contributed by atoms with E-state index in [1.165, 1.54) is 0 Å². The summed E-state index contributed by atoms with van der Waals surface area (Å²) < 4.78 is 15.2. The lowest BCUT2D eigenvalue weighted by molar-refractivity contribution is 0.0691. The van der Waals surface area contributed by atoms with E-state index in [1.807, 2.05) is 48.5 Å². The van der Waals surface area contributed by atoms with Crippen molar-refractivity contribution < 1.29 is 33.8 Å². The normalized spacial score (nSPS) is 12.2.